The summed E-state index contributed by atoms with van der Waals surface area (Å²) < 4.78 is 13.7. The first-order valence-corrected chi connectivity index (χ1v) is 16.9. The lowest BCUT2D eigenvalue weighted by atomic mass is 9.84. The Bertz CT molecular complexity index is 1510. The van der Waals surface area contributed by atoms with E-state index in [0.29, 0.717) is 32.3 Å². The van der Waals surface area contributed by atoms with E-state index in [9.17, 15) is 5.26 Å². The number of ether oxygens (including phenoxy) is 2. The van der Waals surface area contributed by atoms with Crippen molar-refractivity contribution >= 4 is 22.2 Å². The van der Waals surface area contributed by atoms with Gasteiger partial charge in [-0.15, -0.1) is 11.3 Å². The summed E-state index contributed by atoms with van der Waals surface area (Å²) in [5, 5.41) is 15.5. The lowest BCUT2D eigenvalue weighted by molar-refractivity contribution is -0.259. The number of rotatable bonds is 19. The Morgan fingerprint density at radius 1 is 1.19 bits per heavy atom. The Morgan fingerprint density at radius 2 is 1.98 bits per heavy atom. The van der Waals surface area contributed by atoms with Crippen LogP contribution in [0.2, 0.25) is 0 Å². The van der Waals surface area contributed by atoms with Gasteiger partial charge in [-0.3, -0.25) is 16.1 Å². The van der Waals surface area contributed by atoms with Gasteiger partial charge >= 0.3 is 0 Å². The van der Waals surface area contributed by atoms with Crippen LogP contribution in [0.4, 0.5) is 0 Å². The molecule has 0 fully saturated rings. The van der Waals surface area contributed by atoms with Crippen LogP contribution in [0, 0.1) is 11.3 Å². The first-order valence-electron chi connectivity index (χ1n) is 16.0. The first kappa shape index (κ1) is 40.4. The molecule has 6 N–H and O–H groups in total. The van der Waals surface area contributed by atoms with E-state index in [1.807, 2.05) is 12.3 Å². The Balaban J connectivity index is 0.00000576. The molecule has 1 aromatic carbocycles. The second-order valence-corrected chi connectivity index (χ2v) is 13.9. The predicted molar refractivity (Wildman–Crippen MR) is 199 cm³/mol. The normalized spacial score (nSPS) is 11.8. The zero-order chi connectivity index (χ0) is 32.4. The summed E-state index contributed by atoms with van der Waals surface area (Å²) in [5.41, 5.74) is 7.20. The topological polar surface area (TPSA) is 143 Å². The molecule has 0 saturated carbocycles. The van der Waals surface area contributed by atoms with Crippen LogP contribution in [0.3, 0.4) is 0 Å². The molecule has 3 heterocycles. The van der Waals surface area contributed by atoms with Gasteiger partial charge in [0.15, 0.2) is 0 Å². The highest BCUT2D eigenvalue weighted by molar-refractivity contribution is 7.09. The second kappa shape index (κ2) is 19.3. The first-order chi connectivity index (χ1) is 21.7. The standard InChI is InChI=1S/C35H51N5O4S.CH4.H3N.2H2/c1-7-40-32-15-14-26(31-22-45-33(38-31)13-10-18-43-24-39(36)17-9-11-25(2)3)19-28(32)29(20-35(4,5)23-44-41)34(40)27-12-8-16-37-30(27)21-42-6;;;;/h8,12,14-16,19,22,25,41H,7,9-11,13,17-18,20-21,23-24,36H2,1-6H3;1H4;1H3;2*1H. The molecule has 0 aliphatic carbocycles. The SMILES string of the molecule is C.CCn1c(-c2cccnc2COC)c(CC(C)(C)COO)c2cc(-c3csc(CCCOCN(N)CCCC(C)C)n3)ccc21.N.[HH].[HH]. The van der Waals surface area contributed by atoms with E-state index >= 15 is 0 Å². The molecule has 0 unspecified atom stereocenters. The summed E-state index contributed by atoms with van der Waals surface area (Å²) in [5.74, 6) is 6.76. The molecule has 47 heavy (non-hydrogen) atoms. The van der Waals surface area contributed by atoms with E-state index in [1.165, 1.54) is 17.4 Å². The molecule has 10 nitrogen and oxygen atoms in total. The Hall–Kier alpha value is -2.74. The molecular weight excluding hydrogens is 613 g/mol. The number of hydrogen-bond acceptors (Lipinski definition) is 10. The number of nitrogens with zero attached hydrogens (tertiary/aromatic N) is 4. The number of thiazole rings is 1. The number of aromatic nitrogens is 3. The Morgan fingerprint density at radius 3 is 2.68 bits per heavy atom. The molecule has 0 amide bonds. The highest BCUT2D eigenvalue weighted by Crippen LogP contribution is 2.40. The molecule has 0 aliphatic heterocycles. The molecule has 266 valence electrons. The summed E-state index contributed by atoms with van der Waals surface area (Å²) >= 11 is 1.69. The van der Waals surface area contributed by atoms with Crippen LogP contribution in [-0.2, 0) is 40.4 Å². The maximum Gasteiger partial charge on any atom is 0.111 e. The molecular formula is C36H62N6O4S. The lowest BCUT2D eigenvalue weighted by Crippen LogP contribution is -2.34. The van der Waals surface area contributed by atoms with Gasteiger partial charge in [-0.25, -0.2) is 14.9 Å². The molecule has 0 spiro atoms. The number of pyridine rings is 1. The number of aryl methyl sites for hydroxylation is 2. The van der Waals surface area contributed by atoms with Crippen molar-refractivity contribution in [1.29, 1.82) is 0 Å². The average Bonchev–Trinajstić information content (AvgIpc) is 3.59. The molecule has 0 saturated heterocycles. The molecule has 4 rings (SSSR count). The fraction of sp³-hybridized carbons (Fsp3) is 0.556. The number of methoxy groups -OCH3 is 1. The number of hydrazine groups is 1. The minimum absolute atomic E-state index is 0. The van der Waals surface area contributed by atoms with E-state index in [-0.39, 0.29) is 28.5 Å². The van der Waals surface area contributed by atoms with Crippen molar-refractivity contribution in [2.24, 2.45) is 17.2 Å². The van der Waals surface area contributed by atoms with Crippen molar-refractivity contribution in [3.63, 3.8) is 0 Å². The van der Waals surface area contributed by atoms with Crippen LogP contribution in [0.25, 0.3) is 33.4 Å². The number of hydrogen-bond donors (Lipinski definition) is 3. The van der Waals surface area contributed by atoms with Gasteiger partial charge in [-0.2, -0.15) is 0 Å². The third-order valence-electron chi connectivity index (χ3n) is 8.03. The van der Waals surface area contributed by atoms with Crippen molar-refractivity contribution < 1.29 is 22.5 Å². The smallest absolute Gasteiger partial charge is 0.111 e. The molecule has 3 aromatic heterocycles. The summed E-state index contributed by atoms with van der Waals surface area (Å²) in [7, 11) is 1.70. The average molecular weight is 675 g/mol. The third-order valence-corrected chi connectivity index (χ3v) is 8.94. The van der Waals surface area contributed by atoms with Crippen LogP contribution in [-0.4, -0.2) is 58.4 Å². The van der Waals surface area contributed by atoms with E-state index in [1.54, 1.807) is 23.5 Å². The number of fused-ring (bicyclic) bond motifs is 1. The van der Waals surface area contributed by atoms with Crippen molar-refractivity contribution in [3.8, 4) is 22.5 Å². The fourth-order valence-corrected chi connectivity index (χ4v) is 6.69. The predicted octanol–water partition coefficient (Wildman–Crippen LogP) is 8.86. The van der Waals surface area contributed by atoms with Gasteiger partial charge in [0.25, 0.3) is 0 Å². The highest BCUT2D eigenvalue weighted by atomic mass is 32.1. The molecule has 11 heteroatoms. The van der Waals surface area contributed by atoms with E-state index in [4.69, 9.17) is 20.3 Å². The second-order valence-electron chi connectivity index (χ2n) is 13.0. The van der Waals surface area contributed by atoms with Gasteiger partial charge in [0.2, 0.25) is 0 Å². The van der Waals surface area contributed by atoms with E-state index in [2.05, 4.69) is 78.7 Å². The Labute approximate surface area is 288 Å². The minimum atomic E-state index is -0.305. The van der Waals surface area contributed by atoms with Crippen molar-refractivity contribution in [2.45, 2.75) is 87.3 Å². The van der Waals surface area contributed by atoms with Gasteiger partial charge in [-0.1, -0.05) is 41.2 Å². The van der Waals surface area contributed by atoms with Gasteiger partial charge < -0.3 is 20.2 Å². The van der Waals surface area contributed by atoms with E-state index < -0.39 is 0 Å². The lowest BCUT2D eigenvalue weighted by Gasteiger charge is -2.24. The van der Waals surface area contributed by atoms with Crippen LogP contribution in [0.5, 0.6) is 0 Å². The number of nitrogens with two attached hydrogens (primary N) is 1. The van der Waals surface area contributed by atoms with Crippen molar-refractivity contribution in [2.75, 3.05) is 33.6 Å². The van der Waals surface area contributed by atoms with Crippen molar-refractivity contribution in [1.82, 2.24) is 25.7 Å². The summed E-state index contributed by atoms with van der Waals surface area (Å²) in [6, 6.07) is 10.7. The van der Waals surface area contributed by atoms with Crippen LogP contribution in [0.15, 0.2) is 41.9 Å². The summed E-state index contributed by atoms with van der Waals surface area (Å²) in [6.07, 6.45) is 6.55. The van der Waals surface area contributed by atoms with E-state index in [0.717, 1.165) is 71.1 Å². The van der Waals surface area contributed by atoms with Crippen LogP contribution in [0.1, 0.15) is 80.4 Å². The molecule has 0 bridgehead atoms. The van der Waals surface area contributed by atoms with Crippen molar-refractivity contribution in [3.05, 3.63) is 58.2 Å². The maximum atomic E-state index is 9.35. The van der Waals surface area contributed by atoms with Crippen LogP contribution >= 0.6 is 11.3 Å². The largest absolute Gasteiger partial charge is 0.378 e. The van der Waals surface area contributed by atoms with Gasteiger partial charge in [0.05, 0.1) is 35.3 Å². The van der Waals surface area contributed by atoms with Gasteiger partial charge in [0.1, 0.15) is 6.73 Å². The summed E-state index contributed by atoms with van der Waals surface area (Å²) in [4.78, 5) is 14.3. The van der Waals surface area contributed by atoms with Crippen LogP contribution < -0.4 is 12.0 Å². The minimum Gasteiger partial charge on any atom is -0.378 e. The molecule has 0 aliphatic rings. The zero-order valence-electron chi connectivity index (χ0n) is 28.6. The third kappa shape index (κ3) is 10.9. The maximum absolute atomic E-state index is 9.35. The monoisotopic (exact) mass is 674 g/mol. The Kier molecular flexibility index (Phi) is 16.6. The highest BCUT2D eigenvalue weighted by Gasteiger charge is 2.27. The number of benzene rings is 1. The van der Waals surface area contributed by atoms with Gasteiger partial charge in [0, 0.05) is 69.7 Å². The molecule has 4 aromatic rings. The fourth-order valence-electron chi connectivity index (χ4n) is 5.84. The summed E-state index contributed by atoms with van der Waals surface area (Å²) in [6.45, 7) is 14.3. The quantitative estimate of drug-likeness (QED) is 0.0292. The molecule has 0 atom stereocenters. The zero-order valence-corrected chi connectivity index (χ0v) is 29.4. The van der Waals surface area contributed by atoms with Gasteiger partial charge in [-0.05, 0) is 73.8 Å². The molecule has 0 radical (unpaired) electrons.